The molecule has 5 heteroatoms. The molecule has 0 spiro atoms. The van der Waals surface area contributed by atoms with Crippen molar-refractivity contribution in [1.29, 1.82) is 0 Å². The Kier molecular flexibility index (Phi) is 4.15. The lowest BCUT2D eigenvalue weighted by Crippen LogP contribution is -2.41. The van der Waals surface area contributed by atoms with Gasteiger partial charge in [-0.05, 0) is 25.0 Å². The molecule has 1 aliphatic rings. The van der Waals surface area contributed by atoms with E-state index >= 15 is 0 Å². The van der Waals surface area contributed by atoms with Crippen molar-refractivity contribution in [2.75, 3.05) is 19.0 Å². The zero-order valence-corrected chi connectivity index (χ0v) is 10.2. The van der Waals surface area contributed by atoms with Gasteiger partial charge in [0.1, 0.15) is 5.82 Å². The maximum atomic E-state index is 13.5. The van der Waals surface area contributed by atoms with Crippen LogP contribution < -0.4 is 5.32 Å². The van der Waals surface area contributed by atoms with Crippen molar-refractivity contribution in [3.63, 3.8) is 0 Å². The van der Waals surface area contributed by atoms with Crippen LogP contribution in [-0.4, -0.2) is 31.8 Å². The van der Waals surface area contributed by atoms with Gasteiger partial charge in [0, 0.05) is 6.61 Å². The van der Waals surface area contributed by atoms with Gasteiger partial charge in [-0.15, -0.1) is 0 Å². The zero-order chi connectivity index (χ0) is 13.0. The van der Waals surface area contributed by atoms with E-state index in [4.69, 9.17) is 9.47 Å². The minimum Gasteiger partial charge on any atom is -0.467 e. The number of esters is 1. The van der Waals surface area contributed by atoms with Crippen LogP contribution in [0.4, 0.5) is 10.1 Å². The van der Waals surface area contributed by atoms with Gasteiger partial charge < -0.3 is 14.8 Å². The molecule has 1 heterocycles. The number of ether oxygens (including phenoxy) is 2. The average Bonchev–Trinajstić information content (AvgIpc) is 2.90. The molecule has 2 unspecified atom stereocenters. The summed E-state index contributed by atoms with van der Waals surface area (Å²) in [7, 11) is 1.31. The molecule has 0 aromatic heterocycles. The number of rotatable bonds is 4. The van der Waals surface area contributed by atoms with Crippen LogP contribution in [0.3, 0.4) is 0 Å². The van der Waals surface area contributed by atoms with E-state index in [-0.39, 0.29) is 11.8 Å². The molecule has 1 N–H and O–H groups in total. The van der Waals surface area contributed by atoms with Crippen LogP contribution in [0.2, 0.25) is 0 Å². The largest absolute Gasteiger partial charge is 0.467 e. The number of anilines is 1. The molecular formula is C13H16FNO3. The van der Waals surface area contributed by atoms with Crippen LogP contribution in [0.1, 0.15) is 12.8 Å². The van der Waals surface area contributed by atoms with Gasteiger partial charge in [0.15, 0.2) is 6.04 Å². The Hall–Kier alpha value is -1.62. The van der Waals surface area contributed by atoms with E-state index in [1.54, 1.807) is 18.2 Å². The van der Waals surface area contributed by atoms with Crippen molar-refractivity contribution < 1.29 is 18.7 Å². The van der Waals surface area contributed by atoms with Crippen molar-refractivity contribution in [2.24, 2.45) is 0 Å². The molecule has 0 amide bonds. The van der Waals surface area contributed by atoms with E-state index in [2.05, 4.69) is 5.32 Å². The summed E-state index contributed by atoms with van der Waals surface area (Å²) in [6, 6.07) is 5.55. The Morgan fingerprint density at radius 1 is 1.56 bits per heavy atom. The molecule has 0 bridgehead atoms. The first-order valence-electron chi connectivity index (χ1n) is 5.93. The summed E-state index contributed by atoms with van der Waals surface area (Å²) in [6.45, 7) is 0.622. The highest BCUT2D eigenvalue weighted by molar-refractivity contribution is 5.80. The van der Waals surface area contributed by atoms with Crippen molar-refractivity contribution >= 4 is 11.7 Å². The van der Waals surface area contributed by atoms with Gasteiger partial charge >= 0.3 is 5.97 Å². The van der Waals surface area contributed by atoms with Gasteiger partial charge in [-0.2, -0.15) is 0 Å². The first-order valence-corrected chi connectivity index (χ1v) is 5.93. The molecular weight excluding hydrogens is 237 g/mol. The van der Waals surface area contributed by atoms with Crippen LogP contribution in [0.15, 0.2) is 24.3 Å². The third-order valence-electron chi connectivity index (χ3n) is 2.98. The number of benzene rings is 1. The molecule has 0 saturated carbocycles. The predicted molar refractivity (Wildman–Crippen MR) is 64.8 cm³/mol. The quantitative estimate of drug-likeness (QED) is 0.833. The van der Waals surface area contributed by atoms with Crippen LogP contribution in [0, 0.1) is 5.82 Å². The number of nitrogens with one attached hydrogen (secondary N) is 1. The van der Waals surface area contributed by atoms with Gasteiger partial charge in [-0.3, -0.25) is 0 Å². The van der Waals surface area contributed by atoms with E-state index in [0.717, 1.165) is 12.8 Å². The van der Waals surface area contributed by atoms with Crippen LogP contribution in [-0.2, 0) is 14.3 Å². The van der Waals surface area contributed by atoms with E-state index < -0.39 is 17.8 Å². The van der Waals surface area contributed by atoms with Gasteiger partial charge in [-0.25, -0.2) is 9.18 Å². The fourth-order valence-electron chi connectivity index (χ4n) is 2.04. The van der Waals surface area contributed by atoms with E-state index in [1.165, 1.54) is 13.2 Å². The van der Waals surface area contributed by atoms with E-state index in [1.807, 2.05) is 0 Å². The SMILES string of the molecule is COC(=O)C(Nc1ccccc1F)C1CCCO1. The second-order valence-corrected chi connectivity index (χ2v) is 4.18. The van der Waals surface area contributed by atoms with Gasteiger partial charge in [-0.1, -0.05) is 12.1 Å². The fourth-order valence-corrected chi connectivity index (χ4v) is 2.04. The first-order chi connectivity index (χ1) is 8.72. The second kappa shape index (κ2) is 5.82. The van der Waals surface area contributed by atoms with E-state index in [9.17, 15) is 9.18 Å². The Labute approximate surface area is 105 Å². The molecule has 0 aliphatic carbocycles. The van der Waals surface area contributed by atoms with Crippen LogP contribution in [0.25, 0.3) is 0 Å². The number of carbonyl (C=O) groups is 1. The molecule has 1 aromatic rings. The number of hydrogen-bond donors (Lipinski definition) is 1. The molecule has 98 valence electrons. The molecule has 1 saturated heterocycles. The topological polar surface area (TPSA) is 47.6 Å². The lowest BCUT2D eigenvalue weighted by Gasteiger charge is -2.23. The summed E-state index contributed by atoms with van der Waals surface area (Å²) < 4.78 is 23.7. The minimum atomic E-state index is -0.672. The van der Waals surface area contributed by atoms with Gasteiger partial charge in [0.2, 0.25) is 0 Å². The third kappa shape index (κ3) is 2.79. The lowest BCUT2D eigenvalue weighted by molar-refractivity contribution is -0.144. The van der Waals surface area contributed by atoms with Crippen LogP contribution >= 0.6 is 0 Å². The normalized spacial score (nSPS) is 20.4. The summed E-state index contributed by atoms with van der Waals surface area (Å²) in [5.41, 5.74) is 0.281. The van der Waals surface area contributed by atoms with Gasteiger partial charge in [0.05, 0.1) is 18.9 Å². The summed E-state index contributed by atoms with van der Waals surface area (Å²) in [5, 5.41) is 2.87. The smallest absolute Gasteiger partial charge is 0.331 e. The highest BCUT2D eigenvalue weighted by atomic mass is 19.1. The zero-order valence-electron chi connectivity index (χ0n) is 10.2. The summed E-state index contributed by atoms with van der Waals surface area (Å²) >= 11 is 0. The minimum absolute atomic E-state index is 0.267. The maximum absolute atomic E-state index is 13.5. The number of carbonyl (C=O) groups excluding carboxylic acids is 1. The average molecular weight is 253 g/mol. The predicted octanol–water partition coefficient (Wildman–Crippen LogP) is 1.96. The summed E-state index contributed by atoms with van der Waals surface area (Å²) in [5.74, 6) is -0.838. The second-order valence-electron chi connectivity index (χ2n) is 4.18. The summed E-state index contributed by atoms with van der Waals surface area (Å²) in [4.78, 5) is 11.7. The number of para-hydroxylation sites is 1. The van der Waals surface area contributed by atoms with Crippen molar-refractivity contribution in [3.05, 3.63) is 30.1 Å². The standard InChI is InChI=1S/C13H16FNO3/c1-17-13(16)12(11-7-4-8-18-11)15-10-6-3-2-5-9(10)14/h2-3,5-6,11-12,15H,4,7-8H2,1H3. The first kappa shape index (κ1) is 12.8. The van der Waals surface area contributed by atoms with Crippen molar-refractivity contribution in [1.82, 2.24) is 0 Å². The maximum Gasteiger partial charge on any atom is 0.331 e. The monoisotopic (exact) mass is 253 g/mol. The Morgan fingerprint density at radius 3 is 2.94 bits per heavy atom. The van der Waals surface area contributed by atoms with Crippen LogP contribution in [0.5, 0.6) is 0 Å². The lowest BCUT2D eigenvalue weighted by atomic mass is 10.1. The highest BCUT2D eigenvalue weighted by Crippen LogP contribution is 2.21. The number of halogens is 1. The van der Waals surface area contributed by atoms with Gasteiger partial charge in [0.25, 0.3) is 0 Å². The van der Waals surface area contributed by atoms with Crippen molar-refractivity contribution in [3.8, 4) is 0 Å². The third-order valence-corrected chi connectivity index (χ3v) is 2.98. The van der Waals surface area contributed by atoms with E-state index in [0.29, 0.717) is 6.61 Å². The Bertz CT molecular complexity index is 418. The molecule has 2 atom stereocenters. The highest BCUT2D eigenvalue weighted by Gasteiger charge is 2.32. The molecule has 18 heavy (non-hydrogen) atoms. The van der Waals surface area contributed by atoms with Crippen molar-refractivity contribution in [2.45, 2.75) is 25.0 Å². The number of hydrogen-bond acceptors (Lipinski definition) is 4. The molecule has 2 rings (SSSR count). The fraction of sp³-hybridized carbons (Fsp3) is 0.462. The number of methoxy groups -OCH3 is 1. The molecule has 0 radical (unpaired) electrons. The molecule has 1 aliphatic heterocycles. The molecule has 1 fully saturated rings. The Morgan fingerprint density at radius 2 is 2.33 bits per heavy atom. The molecule has 4 nitrogen and oxygen atoms in total. The summed E-state index contributed by atoms with van der Waals surface area (Å²) in [6.07, 6.45) is 1.40. The molecule has 1 aromatic carbocycles. The Balaban J connectivity index is 2.14.